The number of anilines is 1. The normalized spacial score (nSPS) is 17.1. The van der Waals surface area contributed by atoms with E-state index in [1.165, 1.54) is 4.90 Å². The molecule has 1 aliphatic rings. The lowest BCUT2D eigenvalue weighted by Crippen LogP contribution is -2.47. The minimum absolute atomic E-state index is 0.0604. The molecule has 8 nitrogen and oxygen atoms in total. The van der Waals surface area contributed by atoms with Crippen molar-refractivity contribution in [3.05, 3.63) is 41.6 Å². The quantitative estimate of drug-likeness (QED) is 0.395. The number of pyridine rings is 1. The first-order chi connectivity index (χ1) is 17.5. The molecule has 1 aliphatic heterocycles. The second kappa shape index (κ2) is 9.55. The molecule has 1 aromatic carbocycles. The fraction of sp³-hybridized carbons (Fsp3) is 0.458. The Balaban J connectivity index is 1.70. The molecule has 0 unspecified atom stereocenters. The number of benzene rings is 1. The van der Waals surface area contributed by atoms with Crippen LogP contribution in [0.2, 0.25) is 0 Å². The molecule has 2 aromatic heterocycles. The molecule has 0 saturated carbocycles. The molecular formula is C24H25F6N5O3. The van der Waals surface area contributed by atoms with Gasteiger partial charge in [0.05, 0.1) is 11.1 Å². The van der Waals surface area contributed by atoms with Crippen LogP contribution in [0.1, 0.15) is 44.7 Å². The highest BCUT2D eigenvalue weighted by Gasteiger charge is 2.35. The zero-order chi connectivity index (χ0) is 28.0. The van der Waals surface area contributed by atoms with Crippen molar-refractivity contribution in [2.24, 2.45) is 0 Å². The van der Waals surface area contributed by atoms with Crippen molar-refractivity contribution in [3.63, 3.8) is 0 Å². The van der Waals surface area contributed by atoms with Crippen molar-refractivity contribution < 1.29 is 41.0 Å². The molecule has 0 spiro atoms. The molecular weight excluding hydrogens is 520 g/mol. The highest BCUT2D eigenvalue weighted by molar-refractivity contribution is 5.82. The van der Waals surface area contributed by atoms with Crippen LogP contribution in [0.3, 0.4) is 0 Å². The number of amides is 1. The maximum atomic E-state index is 13.8. The summed E-state index contributed by atoms with van der Waals surface area (Å²) in [5, 5.41) is 21.2. The predicted molar refractivity (Wildman–Crippen MR) is 125 cm³/mol. The number of carbonyl (C=O) groups excluding carboxylic acids is 1. The lowest BCUT2D eigenvalue weighted by Gasteiger charge is -2.34. The van der Waals surface area contributed by atoms with Crippen LogP contribution in [0.5, 0.6) is 5.75 Å². The Morgan fingerprint density at radius 2 is 1.71 bits per heavy atom. The maximum Gasteiger partial charge on any atom is 0.417 e. The second-order valence-corrected chi connectivity index (χ2v) is 10.00. The molecule has 14 heteroatoms. The number of nitrogens with zero attached hydrogens (tertiary/aromatic N) is 4. The van der Waals surface area contributed by atoms with Gasteiger partial charge in [-0.15, -0.1) is 10.2 Å². The van der Waals surface area contributed by atoms with Gasteiger partial charge in [-0.3, -0.25) is 4.40 Å². The summed E-state index contributed by atoms with van der Waals surface area (Å²) < 4.78 is 86.8. The molecule has 4 rings (SSSR count). The summed E-state index contributed by atoms with van der Waals surface area (Å²) in [4.78, 5) is 14.0. The Bertz CT molecular complexity index is 1350. The number of nitrogens with one attached hydrogen (secondary N) is 1. The van der Waals surface area contributed by atoms with E-state index in [0.717, 1.165) is 16.7 Å². The number of hydrogen-bond acceptors (Lipinski definition) is 6. The van der Waals surface area contributed by atoms with Gasteiger partial charge >= 0.3 is 18.4 Å². The number of phenolic OH excluding ortho intramolecular Hbond substituents is 1. The SMILES string of the molecule is CC(C)(C)OC(=O)N1CCC[C@@H](Nc2nnc3c(-c4ccc(C(F)(F)F)cc4O)cc(C(F)(F)F)cn23)C1. The minimum atomic E-state index is -4.82. The van der Waals surface area contributed by atoms with E-state index in [9.17, 15) is 36.2 Å². The van der Waals surface area contributed by atoms with Crippen LogP contribution in [0.4, 0.5) is 37.1 Å². The average Bonchev–Trinajstić information content (AvgIpc) is 3.19. The zero-order valence-electron chi connectivity index (χ0n) is 20.6. The number of fused-ring (bicyclic) bond motifs is 1. The molecule has 0 aliphatic carbocycles. The third-order valence-corrected chi connectivity index (χ3v) is 5.85. The number of carbonyl (C=O) groups is 1. The Morgan fingerprint density at radius 1 is 1.03 bits per heavy atom. The molecule has 3 heterocycles. The third kappa shape index (κ3) is 5.89. The molecule has 3 aromatic rings. The van der Waals surface area contributed by atoms with Crippen molar-refractivity contribution in [1.82, 2.24) is 19.5 Å². The second-order valence-electron chi connectivity index (χ2n) is 10.00. The maximum absolute atomic E-state index is 13.8. The first-order valence-corrected chi connectivity index (χ1v) is 11.6. The molecule has 206 valence electrons. The minimum Gasteiger partial charge on any atom is -0.507 e. The van der Waals surface area contributed by atoms with Gasteiger partial charge in [0.2, 0.25) is 5.95 Å². The fourth-order valence-electron chi connectivity index (χ4n) is 4.15. The van der Waals surface area contributed by atoms with Gasteiger partial charge in [0.1, 0.15) is 11.4 Å². The van der Waals surface area contributed by atoms with Gasteiger partial charge in [0.25, 0.3) is 0 Å². The Morgan fingerprint density at radius 3 is 2.32 bits per heavy atom. The lowest BCUT2D eigenvalue weighted by molar-refractivity contribution is -0.138. The standard InChI is InChI=1S/C24H25F6N5O3/c1-22(2,3)38-21(37)34-8-4-5-15(12-34)31-20-33-32-19-17(9-14(11-35(19)20)24(28,29)30)16-7-6-13(10-18(16)36)23(25,26)27/h6-7,9-11,15,36H,4-5,8,12H2,1-3H3,(H,31,33)/t15-/m1/s1. The van der Waals surface area contributed by atoms with Crippen molar-refractivity contribution in [2.45, 2.75) is 57.6 Å². The zero-order valence-corrected chi connectivity index (χ0v) is 20.6. The lowest BCUT2D eigenvalue weighted by atomic mass is 10.0. The first kappa shape index (κ1) is 27.3. The van der Waals surface area contributed by atoms with Crippen molar-refractivity contribution in [1.29, 1.82) is 0 Å². The molecule has 1 amide bonds. The molecule has 2 N–H and O–H groups in total. The summed E-state index contributed by atoms with van der Waals surface area (Å²) in [6.45, 7) is 5.85. The molecule has 1 atom stereocenters. The summed E-state index contributed by atoms with van der Waals surface area (Å²) in [6, 6.07) is 2.29. The summed E-state index contributed by atoms with van der Waals surface area (Å²) in [5.41, 5.74) is -3.63. The van der Waals surface area contributed by atoms with Crippen LogP contribution >= 0.6 is 0 Å². The number of ether oxygens (including phenoxy) is 1. The first-order valence-electron chi connectivity index (χ1n) is 11.6. The van der Waals surface area contributed by atoms with Gasteiger partial charge in [0, 0.05) is 36.5 Å². The van der Waals surface area contributed by atoms with Gasteiger partial charge in [-0.2, -0.15) is 26.3 Å². The monoisotopic (exact) mass is 545 g/mol. The van der Waals surface area contributed by atoms with E-state index in [-0.39, 0.29) is 35.3 Å². The predicted octanol–water partition coefficient (Wildman–Crippen LogP) is 5.95. The van der Waals surface area contributed by atoms with E-state index >= 15 is 0 Å². The van der Waals surface area contributed by atoms with Crippen LogP contribution in [0, 0.1) is 0 Å². The Kier molecular flexibility index (Phi) is 6.87. The van der Waals surface area contributed by atoms with Crippen molar-refractivity contribution >= 4 is 17.7 Å². The van der Waals surface area contributed by atoms with E-state index < -0.39 is 40.9 Å². The van der Waals surface area contributed by atoms with Crippen LogP contribution in [0.15, 0.2) is 30.5 Å². The van der Waals surface area contributed by atoms with Crippen molar-refractivity contribution in [2.75, 3.05) is 18.4 Å². The van der Waals surface area contributed by atoms with Gasteiger partial charge in [-0.1, -0.05) is 0 Å². The smallest absolute Gasteiger partial charge is 0.417 e. The Hall–Kier alpha value is -3.71. The fourth-order valence-corrected chi connectivity index (χ4v) is 4.15. The number of aromatic nitrogens is 3. The number of halogens is 6. The molecule has 1 saturated heterocycles. The summed E-state index contributed by atoms with van der Waals surface area (Å²) >= 11 is 0. The highest BCUT2D eigenvalue weighted by atomic mass is 19.4. The number of aromatic hydroxyl groups is 1. The third-order valence-electron chi connectivity index (χ3n) is 5.85. The molecule has 1 fully saturated rings. The number of phenols is 1. The van der Waals surface area contributed by atoms with Crippen LogP contribution in [0.25, 0.3) is 16.8 Å². The summed E-state index contributed by atoms with van der Waals surface area (Å²) in [7, 11) is 0. The number of hydrogen-bond donors (Lipinski definition) is 2. The van der Waals surface area contributed by atoms with Gasteiger partial charge in [-0.05, 0) is 57.9 Å². The number of alkyl halides is 6. The van der Waals surface area contributed by atoms with Gasteiger partial charge < -0.3 is 20.1 Å². The summed E-state index contributed by atoms with van der Waals surface area (Å²) in [5.74, 6) is -0.923. The summed E-state index contributed by atoms with van der Waals surface area (Å²) in [6.07, 6.45) is -8.14. The van der Waals surface area contributed by atoms with Crippen molar-refractivity contribution in [3.8, 4) is 16.9 Å². The highest BCUT2D eigenvalue weighted by Crippen LogP contribution is 2.40. The van der Waals surface area contributed by atoms with E-state index in [2.05, 4.69) is 15.5 Å². The van der Waals surface area contributed by atoms with Gasteiger partial charge in [-0.25, -0.2) is 4.79 Å². The number of rotatable bonds is 3. The average molecular weight is 545 g/mol. The molecule has 0 radical (unpaired) electrons. The molecule has 0 bridgehead atoms. The number of likely N-dealkylation sites (tertiary alicyclic amines) is 1. The topological polar surface area (TPSA) is 92.0 Å². The van der Waals surface area contributed by atoms with E-state index in [0.29, 0.717) is 37.6 Å². The molecule has 38 heavy (non-hydrogen) atoms. The van der Waals surface area contributed by atoms with E-state index in [1.54, 1.807) is 20.8 Å². The van der Waals surface area contributed by atoms with Gasteiger partial charge in [0.15, 0.2) is 5.65 Å². The van der Waals surface area contributed by atoms with Crippen LogP contribution in [-0.2, 0) is 17.1 Å². The Labute approximate surface area is 213 Å². The van der Waals surface area contributed by atoms with E-state index in [4.69, 9.17) is 4.74 Å². The van der Waals surface area contributed by atoms with Crippen LogP contribution < -0.4 is 5.32 Å². The van der Waals surface area contributed by atoms with E-state index in [1.807, 2.05) is 0 Å². The largest absolute Gasteiger partial charge is 0.507 e. The number of piperidine rings is 1. The van der Waals surface area contributed by atoms with Crippen LogP contribution in [-0.4, -0.2) is 55.4 Å².